The minimum atomic E-state index is 0.135. The molecule has 1 aromatic carbocycles. The van der Waals surface area contributed by atoms with Crippen LogP contribution in [0.2, 0.25) is 0 Å². The summed E-state index contributed by atoms with van der Waals surface area (Å²) in [4.78, 5) is 20.4. The highest BCUT2D eigenvalue weighted by atomic mass is 16.5. The molecule has 2 rings (SSSR count). The summed E-state index contributed by atoms with van der Waals surface area (Å²) in [5, 5.41) is 9.30. The highest BCUT2D eigenvalue weighted by Crippen LogP contribution is 2.40. The van der Waals surface area contributed by atoms with Gasteiger partial charge in [-0.25, -0.2) is 0 Å². The molecule has 0 aliphatic carbocycles. The van der Waals surface area contributed by atoms with Gasteiger partial charge >= 0.3 is 5.69 Å². The lowest BCUT2D eigenvalue weighted by atomic mass is 9.97. The highest BCUT2D eigenvalue weighted by molar-refractivity contribution is 5.79. The van der Waals surface area contributed by atoms with E-state index < -0.39 is 0 Å². The number of ether oxygens (including phenoxy) is 2. The number of hydrogen-bond acceptors (Lipinski definition) is 5. The Kier molecular flexibility index (Phi) is 9.04. The first-order chi connectivity index (χ1) is 14.1. The normalized spacial score (nSPS) is 15.0. The molecule has 1 fully saturated rings. The zero-order valence-corrected chi connectivity index (χ0v) is 18.3. The van der Waals surface area contributed by atoms with Gasteiger partial charge in [0, 0.05) is 38.2 Å². The molecule has 29 heavy (non-hydrogen) atoms. The average Bonchev–Trinajstić information content (AvgIpc) is 2.75. The summed E-state index contributed by atoms with van der Waals surface area (Å²) in [5.41, 5.74) is 1.27. The van der Waals surface area contributed by atoms with E-state index in [0.29, 0.717) is 43.5 Å². The molecule has 7 nitrogen and oxygen atoms in total. The number of unbranched alkanes of at least 4 members (excludes halogenated alkanes) is 1. The molecule has 1 aliphatic heterocycles. The topological polar surface area (TPSA) is 70.2 Å². The van der Waals surface area contributed by atoms with Crippen LogP contribution < -0.4 is 14.4 Å². The van der Waals surface area contributed by atoms with Gasteiger partial charge in [0.25, 0.3) is 0 Å². The Morgan fingerprint density at radius 2 is 1.72 bits per heavy atom. The fraction of sp³-hybridized carbons (Fsp3) is 0.682. The minimum absolute atomic E-state index is 0.135. The molecule has 0 saturated carbocycles. The average molecular weight is 404 g/mol. The zero-order valence-electron chi connectivity index (χ0n) is 18.3. The molecule has 1 aromatic rings. The Bertz CT molecular complexity index is 709. The van der Waals surface area contributed by atoms with Gasteiger partial charge in [-0.1, -0.05) is 26.7 Å². The molecule has 0 aromatic heterocycles. The van der Waals surface area contributed by atoms with Crippen molar-refractivity contribution >= 4 is 17.3 Å². The van der Waals surface area contributed by atoms with Crippen molar-refractivity contribution in [2.45, 2.75) is 53.4 Å². The highest BCUT2D eigenvalue weighted by Gasteiger charge is 2.29. The molecule has 1 amide bonds. The molecular weight excluding hydrogens is 368 g/mol. The summed E-state index contributed by atoms with van der Waals surface area (Å²) in [5.74, 6) is 1.61. The smallest absolute Gasteiger partial charge is 0.430 e. The number of hydrogen-bond donors (Lipinski definition) is 0. The first kappa shape index (κ1) is 22.8. The van der Waals surface area contributed by atoms with Crippen LogP contribution in [0.1, 0.15) is 53.4 Å². The van der Waals surface area contributed by atoms with E-state index in [0.717, 1.165) is 44.5 Å². The van der Waals surface area contributed by atoms with Crippen molar-refractivity contribution in [3.05, 3.63) is 17.1 Å². The molecule has 160 valence electrons. The molecule has 1 atom stereocenters. The third-order valence-electron chi connectivity index (χ3n) is 5.43. The summed E-state index contributed by atoms with van der Waals surface area (Å²) < 4.78 is 11.4. The van der Waals surface area contributed by atoms with E-state index in [9.17, 15) is 10.2 Å². The number of diazo groups is 1. The number of anilines is 1. The number of carbonyl (C=O) groups excluding carboxylic acids is 1. The maximum Gasteiger partial charge on any atom is 0.430 e. The lowest BCUT2D eigenvalue weighted by Crippen LogP contribution is -2.50. The predicted octanol–water partition coefficient (Wildman–Crippen LogP) is 4.83. The molecule has 0 radical (unpaired) electrons. The Labute approximate surface area is 174 Å². The molecule has 0 N–H and O–H groups in total. The van der Waals surface area contributed by atoms with Crippen LogP contribution in [0.5, 0.6) is 11.5 Å². The third-order valence-corrected chi connectivity index (χ3v) is 5.43. The van der Waals surface area contributed by atoms with Crippen LogP contribution >= 0.6 is 0 Å². The number of carbonyl (C=O) groups is 1. The van der Waals surface area contributed by atoms with Gasteiger partial charge in [0.2, 0.25) is 17.0 Å². The molecule has 1 heterocycles. The van der Waals surface area contributed by atoms with Crippen molar-refractivity contribution in [3.8, 4) is 11.5 Å². The minimum Gasteiger partial charge on any atom is -0.491 e. The number of nitrogens with zero attached hydrogens (tertiary/aromatic N) is 4. The van der Waals surface area contributed by atoms with Gasteiger partial charge in [-0.3, -0.25) is 4.79 Å². The summed E-state index contributed by atoms with van der Waals surface area (Å²) in [6.07, 6.45) is 4.10. The van der Waals surface area contributed by atoms with Gasteiger partial charge in [-0.05, 0) is 26.7 Å². The fourth-order valence-corrected chi connectivity index (χ4v) is 3.78. The van der Waals surface area contributed by atoms with Crippen LogP contribution in [0, 0.1) is 11.3 Å². The molecule has 0 spiro atoms. The fourth-order valence-electron chi connectivity index (χ4n) is 3.78. The first-order valence-corrected chi connectivity index (χ1v) is 10.9. The van der Waals surface area contributed by atoms with Gasteiger partial charge < -0.3 is 19.3 Å². The lowest BCUT2D eigenvalue weighted by molar-refractivity contribution is -0.136. The maximum atomic E-state index is 12.9. The largest absolute Gasteiger partial charge is 0.491 e. The van der Waals surface area contributed by atoms with Crippen LogP contribution in [-0.2, 0) is 4.79 Å². The van der Waals surface area contributed by atoms with Crippen molar-refractivity contribution in [2.75, 3.05) is 44.3 Å². The van der Waals surface area contributed by atoms with E-state index in [-0.39, 0.29) is 11.8 Å². The van der Waals surface area contributed by atoms with E-state index in [2.05, 4.69) is 23.7 Å². The van der Waals surface area contributed by atoms with Crippen LogP contribution in [0.4, 0.5) is 11.4 Å². The summed E-state index contributed by atoms with van der Waals surface area (Å²) in [6, 6.07) is 3.58. The van der Waals surface area contributed by atoms with Crippen LogP contribution in [0.3, 0.4) is 0 Å². The monoisotopic (exact) mass is 403 g/mol. The van der Waals surface area contributed by atoms with Crippen LogP contribution in [0.15, 0.2) is 12.1 Å². The molecule has 7 heteroatoms. The Morgan fingerprint density at radius 3 is 2.28 bits per heavy atom. The van der Waals surface area contributed by atoms with E-state index >= 15 is 0 Å². The van der Waals surface area contributed by atoms with Gasteiger partial charge in [-0.2, -0.15) is 0 Å². The van der Waals surface area contributed by atoms with Gasteiger partial charge in [0.15, 0.2) is 10.7 Å². The van der Waals surface area contributed by atoms with Gasteiger partial charge in [-0.15, -0.1) is 0 Å². The van der Waals surface area contributed by atoms with Crippen molar-refractivity contribution in [2.24, 2.45) is 5.92 Å². The Morgan fingerprint density at radius 1 is 1.07 bits per heavy atom. The second-order valence-electron chi connectivity index (χ2n) is 7.31. The number of rotatable bonds is 10. The Hall–Kier alpha value is -2.49. The summed E-state index contributed by atoms with van der Waals surface area (Å²) >= 11 is 0. The second-order valence-corrected chi connectivity index (χ2v) is 7.31. The number of amides is 1. The third kappa shape index (κ3) is 5.75. The van der Waals surface area contributed by atoms with E-state index in [4.69, 9.17) is 9.47 Å². The maximum absolute atomic E-state index is 12.9. The van der Waals surface area contributed by atoms with Crippen LogP contribution in [-0.4, -0.2) is 50.2 Å². The quantitative estimate of drug-likeness (QED) is 0.523. The predicted molar refractivity (Wildman–Crippen MR) is 116 cm³/mol. The lowest BCUT2D eigenvalue weighted by Gasteiger charge is -2.38. The Balaban J connectivity index is 2.14. The second kappa shape index (κ2) is 11.5. The SMILES string of the molecule is CCCCC(CC)C(=O)N1CCN(c2cc(OCC)c([N+]#N)cc2OCC)CC1. The summed E-state index contributed by atoms with van der Waals surface area (Å²) in [7, 11) is 0. The molecule has 0 bridgehead atoms. The van der Waals surface area contributed by atoms with Crippen LogP contribution in [0.25, 0.3) is 4.98 Å². The van der Waals surface area contributed by atoms with Gasteiger partial charge in [0.1, 0.15) is 0 Å². The van der Waals surface area contributed by atoms with Crippen molar-refractivity contribution < 1.29 is 14.3 Å². The molecule has 1 saturated heterocycles. The number of benzene rings is 1. The van der Waals surface area contributed by atoms with E-state index in [1.165, 1.54) is 0 Å². The molecule has 1 unspecified atom stereocenters. The van der Waals surface area contributed by atoms with Gasteiger partial charge in [0.05, 0.1) is 25.0 Å². The molecule has 1 aliphatic rings. The zero-order chi connectivity index (χ0) is 21.2. The molecular formula is C22H35N4O3+. The van der Waals surface area contributed by atoms with Crippen molar-refractivity contribution in [1.29, 1.82) is 5.39 Å². The van der Waals surface area contributed by atoms with E-state index in [1.807, 2.05) is 24.8 Å². The van der Waals surface area contributed by atoms with Crippen molar-refractivity contribution in [3.63, 3.8) is 0 Å². The summed E-state index contributed by atoms with van der Waals surface area (Å²) in [6.45, 7) is 11.9. The standard InChI is InChI=1S/C22H35N4O3/c1-5-9-10-17(6-2)22(27)26-13-11-25(12-14-26)19-16-20(28-7-3)18(24-23)15-21(19)29-8-4/h15-17H,5-14H2,1-4H3/q+1. The number of piperazine rings is 1. The first-order valence-electron chi connectivity index (χ1n) is 10.9. The van der Waals surface area contributed by atoms with Crippen molar-refractivity contribution in [1.82, 2.24) is 4.90 Å². The van der Waals surface area contributed by atoms with E-state index in [1.54, 1.807) is 6.07 Å².